The number of hydrogen-bond donors (Lipinski definition) is 2. The summed E-state index contributed by atoms with van der Waals surface area (Å²) < 4.78 is 0. The summed E-state index contributed by atoms with van der Waals surface area (Å²) in [6.07, 6.45) is 3.26. The highest BCUT2D eigenvalue weighted by atomic mass is 16.1. The first-order valence-corrected chi connectivity index (χ1v) is 5.17. The fourth-order valence-electron chi connectivity index (χ4n) is 1.22. The molecule has 0 radical (unpaired) electrons. The van der Waals surface area contributed by atoms with Crippen molar-refractivity contribution in [3.63, 3.8) is 0 Å². The molecule has 0 aliphatic heterocycles. The normalized spacial score (nSPS) is 9.94. The summed E-state index contributed by atoms with van der Waals surface area (Å²) in [5.74, 6) is 0.634. The van der Waals surface area contributed by atoms with E-state index in [1.54, 1.807) is 19.4 Å². The molecule has 0 bridgehead atoms. The second-order valence-electron chi connectivity index (χ2n) is 3.26. The minimum atomic E-state index is -0.0495. The van der Waals surface area contributed by atoms with Crippen LogP contribution in [-0.4, -0.2) is 36.0 Å². The van der Waals surface area contributed by atoms with Gasteiger partial charge < -0.3 is 16.0 Å². The predicted octanol–water partition coefficient (Wildman–Crippen LogP) is -0.492. The summed E-state index contributed by atoms with van der Waals surface area (Å²) in [4.78, 5) is 21.4. The van der Waals surface area contributed by atoms with E-state index in [4.69, 9.17) is 5.73 Å². The number of aromatic nitrogens is 2. The van der Waals surface area contributed by atoms with E-state index < -0.39 is 0 Å². The molecular formula is C10H17N5O. The number of nitrogens with one attached hydrogen (secondary N) is 1. The zero-order valence-corrected chi connectivity index (χ0v) is 9.60. The van der Waals surface area contributed by atoms with Crippen LogP contribution in [0, 0.1) is 0 Å². The van der Waals surface area contributed by atoms with E-state index in [2.05, 4.69) is 15.3 Å². The molecule has 16 heavy (non-hydrogen) atoms. The first-order chi connectivity index (χ1) is 7.71. The van der Waals surface area contributed by atoms with Crippen molar-refractivity contribution in [2.45, 2.75) is 13.5 Å². The molecule has 0 spiro atoms. The molecule has 0 saturated carbocycles. The molecule has 0 aliphatic carbocycles. The molecular weight excluding hydrogens is 206 g/mol. The van der Waals surface area contributed by atoms with Crippen LogP contribution in [0.2, 0.25) is 0 Å². The zero-order valence-electron chi connectivity index (χ0n) is 9.60. The van der Waals surface area contributed by atoms with Gasteiger partial charge in [0.15, 0.2) is 0 Å². The maximum atomic E-state index is 11.3. The van der Waals surface area contributed by atoms with Gasteiger partial charge in [-0.3, -0.25) is 9.78 Å². The summed E-state index contributed by atoms with van der Waals surface area (Å²) in [5.41, 5.74) is 6.17. The smallest absolute Gasteiger partial charge is 0.239 e. The zero-order chi connectivity index (χ0) is 12.0. The molecule has 0 aromatic carbocycles. The van der Waals surface area contributed by atoms with Crippen molar-refractivity contribution < 1.29 is 4.79 Å². The Bertz CT molecular complexity index is 338. The van der Waals surface area contributed by atoms with Crippen LogP contribution in [0.4, 0.5) is 5.82 Å². The molecule has 0 atom stereocenters. The summed E-state index contributed by atoms with van der Waals surface area (Å²) in [5, 5.41) is 2.57. The lowest BCUT2D eigenvalue weighted by atomic mass is 10.4. The number of nitrogens with zero attached hydrogens (tertiary/aromatic N) is 3. The van der Waals surface area contributed by atoms with Crippen LogP contribution < -0.4 is 16.0 Å². The van der Waals surface area contributed by atoms with E-state index >= 15 is 0 Å². The van der Waals surface area contributed by atoms with Crippen LogP contribution in [0.15, 0.2) is 12.4 Å². The van der Waals surface area contributed by atoms with Crippen molar-refractivity contribution in [1.29, 1.82) is 0 Å². The largest absolute Gasteiger partial charge is 0.358 e. The first-order valence-electron chi connectivity index (χ1n) is 5.17. The molecule has 0 saturated heterocycles. The maximum absolute atomic E-state index is 11.3. The van der Waals surface area contributed by atoms with E-state index in [-0.39, 0.29) is 12.5 Å². The third-order valence-corrected chi connectivity index (χ3v) is 2.22. The van der Waals surface area contributed by atoms with Crippen LogP contribution in [0.1, 0.15) is 12.6 Å². The quantitative estimate of drug-likeness (QED) is 0.703. The molecule has 0 unspecified atom stereocenters. The topological polar surface area (TPSA) is 84.1 Å². The lowest BCUT2D eigenvalue weighted by Crippen LogP contribution is -2.36. The van der Waals surface area contributed by atoms with Crippen molar-refractivity contribution in [3.8, 4) is 0 Å². The second-order valence-corrected chi connectivity index (χ2v) is 3.26. The van der Waals surface area contributed by atoms with E-state index in [1.807, 2.05) is 11.8 Å². The maximum Gasteiger partial charge on any atom is 0.239 e. The highest BCUT2D eigenvalue weighted by Gasteiger charge is 2.09. The second kappa shape index (κ2) is 6.02. The highest BCUT2D eigenvalue weighted by molar-refractivity contribution is 5.80. The minimum absolute atomic E-state index is 0.0495. The van der Waals surface area contributed by atoms with Crippen molar-refractivity contribution >= 4 is 11.7 Å². The summed E-state index contributed by atoms with van der Waals surface area (Å²) in [6, 6.07) is 0. The minimum Gasteiger partial charge on any atom is -0.358 e. The SMILES string of the molecule is CCN(CC(=O)NC)c1cnc(CN)cn1. The van der Waals surface area contributed by atoms with Crippen molar-refractivity contribution in [3.05, 3.63) is 18.1 Å². The number of anilines is 1. The van der Waals surface area contributed by atoms with Crippen molar-refractivity contribution in [2.75, 3.05) is 25.0 Å². The van der Waals surface area contributed by atoms with Gasteiger partial charge in [0.25, 0.3) is 0 Å². The standard InChI is InChI=1S/C10H17N5O/c1-3-15(7-10(16)12-2)9-6-13-8(4-11)5-14-9/h5-6H,3-4,7,11H2,1-2H3,(H,12,16). The van der Waals surface area contributed by atoms with E-state index in [0.717, 1.165) is 5.69 Å². The van der Waals surface area contributed by atoms with Gasteiger partial charge in [-0.1, -0.05) is 0 Å². The predicted molar refractivity (Wildman–Crippen MR) is 61.9 cm³/mol. The van der Waals surface area contributed by atoms with Gasteiger partial charge in [-0.15, -0.1) is 0 Å². The van der Waals surface area contributed by atoms with Gasteiger partial charge in [-0.25, -0.2) is 4.98 Å². The Morgan fingerprint density at radius 3 is 2.69 bits per heavy atom. The fraction of sp³-hybridized carbons (Fsp3) is 0.500. The summed E-state index contributed by atoms with van der Waals surface area (Å²) in [7, 11) is 1.61. The average molecular weight is 223 g/mol. The van der Waals surface area contributed by atoms with Gasteiger partial charge in [0.05, 0.1) is 24.6 Å². The molecule has 1 amide bonds. The Morgan fingerprint density at radius 1 is 1.50 bits per heavy atom. The Hall–Kier alpha value is -1.69. The number of likely N-dealkylation sites (N-methyl/N-ethyl adjacent to an activating group) is 2. The molecule has 0 fully saturated rings. The molecule has 88 valence electrons. The third kappa shape index (κ3) is 3.16. The van der Waals surface area contributed by atoms with Crippen LogP contribution in [0.3, 0.4) is 0 Å². The third-order valence-electron chi connectivity index (χ3n) is 2.22. The average Bonchev–Trinajstić information content (AvgIpc) is 2.35. The van der Waals surface area contributed by atoms with Gasteiger partial charge in [-0.05, 0) is 6.92 Å². The molecule has 1 aromatic heterocycles. The van der Waals surface area contributed by atoms with Crippen molar-refractivity contribution in [1.82, 2.24) is 15.3 Å². The van der Waals surface area contributed by atoms with Crippen LogP contribution in [0.5, 0.6) is 0 Å². The number of carbonyl (C=O) groups excluding carboxylic acids is 1. The monoisotopic (exact) mass is 223 g/mol. The number of nitrogens with two attached hydrogens (primary N) is 1. The molecule has 1 heterocycles. The Morgan fingerprint density at radius 2 is 2.25 bits per heavy atom. The molecule has 1 aromatic rings. The van der Waals surface area contributed by atoms with Crippen LogP contribution >= 0.6 is 0 Å². The van der Waals surface area contributed by atoms with Gasteiger partial charge in [0.1, 0.15) is 5.82 Å². The fourth-order valence-corrected chi connectivity index (χ4v) is 1.22. The van der Waals surface area contributed by atoms with E-state index in [0.29, 0.717) is 18.9 Å². The van der Waals surface area contributed by atoms with Crippen LogP contribution in [-0.2, 0) is 11.3 Å². The number of rotatable bonds is 5. The highest BCUT2D eigenvalue weighted by Crippen LogP contribution is 2.07. The molecule has 1 rings (SSSR count). The van der Waals surface area contributed by atoms with E-state index in [1.165, 1.54) is 0 Å². The van der Waals surface area contributed by atoms with Gasteiger partial charge in [-0.2, -0.15) is 0 Å². The Labute approximate surface area is 94.9 Å². The number of hydrogen-bond acceptors (Lipinski definition) is 5. The Balaban J connectivity index is 2.74. The number of amides is 1. The number of carbonyl (C=O) groups is 1. The molecule has 0 aliphatic rings. The molecule has 3 N–H and O–H groups in total. The van der Waals surface area contributed by atoms with Crippen LogP contribution in [0.25, 0.3) is 0 Å². The Kier molecular flexibility index (Phi) is 4.65. The molecule has 6 nitrogen and oxygen atoms in total. The van der Waals surface area contributed by atoms with Gasteiger partial charge in [0.2, 0.25) is 5.91 Å². The summed E-state index contributed by atoms with van der Waals surface area (Å²) >= 11 is 0. The van der Waals surface area contributed by atoms with Crippen molar-refractivity contribution in [2.24, 2.45) is 5.73 Å². The lowest BCUT2D eigenvalue weighted by molar-refractivity contribution is -0.119. The van der Waals surface area contributed by atoms with Gasteiger partial charge in [0, 0.05) is 20.1 Å². The van der Waals surface area contributed by atoms with E-state index in [9.17, 15) is 4.79 Å². The first kappa shape index (κ1) is 12.4. The summed E-state index contributed by atoms with van der Waals surface area (Å²) in [6.45, 7) is 3.31. The lowest BCUT2D eigenvalue weighted by Gasteiger charge is -2.20. The van der Waals surface area contributed by atoms with Gasteiger partial charge >= 0.3 is 0 Å². The molecule has 6 heteroatoms.